The van der Waals surface area contributed by atoms with Crippen molar-refractivity contribution in [2.45, 2.75) is 39.0 Å². The van der Waals surface area contributed by atoms with Gasteiger partial charge in [-0.3, -0.25) is 4.79 Å². The van der Waals surface area contributed by atoms with Crippen LogP contribution in [-0.4, -0.2) is 5.78 Å². The number of carbonyl (C=O) groups is 1. The second-order valence-electron chi connectivity index (χ2n) is 5.01. The number of Topliss-reactive ketones (excluding diaryl/α,β-unsaturated/α-hetero) is 1. The van der Waals surface area contributed by atoms with E-state index in [4.69, 9.17) is 0 Å². The number of hydrogen-bond acceptors (Lipinski definition) is 1. The molecule has 0 amide bonds. The van der Waals surface area contributed by atoms with E-state index in [1.54, 1.807) is 0 Å². The van der Waals surface area contributed by atoms with Crippen molar-refractivity contribution in [1.82, 2.24) is 0 Å². The van der Waals surface area contributed by atoms with E-state index in [0.29, 0.717) is 5.78 Å². The Balaban J connectivity index is 2.06. The van der Waals surface area contributed by atoms with Crippen LogP contribution in [0, 0.1) is 11.8 Å². The molecular formula is C15H19BrO. The number of carbonyl (C=O) groups excluding carboxylic acids is 1. The molecule has 2 unspecified atom stereocenters. The van der Waals surface area contributed by atoms with Crippen molar-refractivity contribution in [2.75, 3.05) is 0 Å². The van der Waals surface area contributed by atoms with Gasteiger partial charge in [-0.25, -0.2) is 0 Å². The summed E-state index contributed by atoms with van der Waals surface area (Å²) in [5, 5.41) is 0. The molecule has 0 heterocycles. The third-order valence-electron chi connectivity index (χ3n) is 3.86. The van der Waals surface area contributed by atoms with Crippen LogP contribution < -0.4 is 0 Å². The second kappa shape index (κ2) is 5.81. The lowest BCUT2D eigenvalue weighted by Gasteiger charge is -2.27. The van der Waals surface area contributed by atoms with Crippen molar-refractivity contribution < 1.29 is 4.79 Å². The summed E-state index contributed by atoms with van der Waals surface area (Å²) in [5.74, 6) is 1.36. The minimum Gasteiger partial charge on any atom is -0.294 e. The van der Waals surface area contributed by atoms with Crippen molar-refractivity contribution in [3.05, 3.63) is 34.3 Å². The minimum atomic E-state index is 0.259. The highest BCUT2D eigenvalue weighted by atomic mass is 79.9. The number of hydrogen-bond donors (Lipinski definition) is 0. The van der Waals surface area contributed by atoms with E-state index in [9.17, 15) is 4.79 Å². The van der Waals surface area contributed by atoms with Gasteiger partial charge in [0.1, 0.15) is 0 Å². The van der Waals surface area contributed by atoms with Crippen LogP contribution in [0.1, 0.15) is 49.4 Å². The SMILES string of the molecule is CCC1CCCC(C(=O)c2ccc(Br)cc2)C1. The highest BCUT2D eigenvalue weighted by Gasteiger charge is 2.26. The maximum Gasteiger partial charge on any atom is 0.165 e. The molecule has 1 aliphatic carbocycles. The van der Waals surface area contributed by atoms with Crippen molar-refractivity contribution >= 4 is 21.7 Å². The zero-order chi connectivity index (χ0) is 12.3. The first kappa shape index (κ1) is 12.8. The molecule has 1 aliphatic rings. The molecule has 1 aromatic carbocycles. The fourth-order valence-electron chi connectivity index (χ4n) is 2.75. The van der Waals surface area contributed by atoms with Crippen molar-refractivity contribution in [1.29, 1.82) is 0 Å². The van der Waals surface area contributed by atoms with E-state index >= 15 is 0 Å². The fourth-order valence-corrected chi connectivity index (χ4v) is 3.01. The minimum absolute atomic E-state index is 0.259. The molecular weight excluding hydrogens is 276 g/mol. The topological polar surface area (TPSA) is 17.1 Å². The molecule has 0 radical (unpaired) electrons. The number of halogens is 1. The Labute approximate surface area is 112 Å². The average molecular weight is 295 g/mol. The van der Waals surface area contributed by atoms with Crippen molar-refractivity contribution in [2.24, 2.45) is 11.8 Å². The van der Waals surface area contributed by atoms with Gasteiger partial charge < -0.3 is 0 Å². The molecule has 2 rings (SSSR count). The molecule has 0 bridgehead atoms. The second-order valence-corrected chi connectivity index (χ2v) is 5.92. The lowest BCUT2D eigenvalue weighted by Crippen LogP contribution is -2.22. The Kier molecular flexibility index (Phi) is 4.38. The van der Waals surface area contributed by atoms with Gasteiger partial charge in [-0.15, -0.1) is 0 Å². The van der Waals surface area contributed by atoms with E-state index < -0.39 is 0 Å². The van der Waals surface area contributed by atoms with Crippen LogP contribution in [0.5, 0.6) is 0 Å². The van der Waals surface area contributed by atoms with Gasteiger partial charge in [-0.05, 0) is 30.9 Å². The first-order chi connectivity index (χ1) is 8.20. The van der Waals surface area contributed by atoms with Gasteiger partial charge in [0.25, 0.3) is 0 Å². The Morgan fingerprint density at radius 2 is 2.00 bits per heavy atom. The van der Waals surface area contributed by atoms with E-state index in [2.05, 4.69) is 22.9 Å². The summed E-state index contributed by atoms with van der Waals surface area (Å²) in [4.78, 5) is 12.4. The van der Waals surface area contributed by atoms with E-state index in [1.807, 2.05) is 24.3 Å². The Morgan fingerprint density at radius 3 is 2.65 bits per heavy atom. The molecule has 2 heteroatoms. The molecule has 0 spiro atoms. The van der Waals surface area contributed by atoms with Gasteiger partial charge in [-0.2, -0.15) is 0 Å². The van der Waals surface area contributed by atoms with Gasteiger partial charge in [0, 0.05) is 16.0 Å². The van der Waals surface area contributed by atoms with Crippen LogP contribution in [0.25, 0.3) is 0 Å². The molecule has 2 atom stereocenters. The van der Waals surface area contributed by atoms with Gasteiger partial charge in [-0.1, -0.05) is 54.2 Å². The smallest absolute Gasteiger partial charge is 0.165 e. The molecule has 0 N–H and O–H groups in total. The van der Waals surface area contributed by atoms with Gasteiger partial charge in [0.2, 0.25) is 0 Å². The van der Waals surface area contributed by atoms with Gasteiger partial charge >= 0.3 is 0 Å². The zero-order valence-electron chi connectivity index (χ0n) is 10.3. The molecule has 17 heavy (non-hydrogen) atoms. The number of benzene rings is 1. The van der Waals surface area contributed by atoms with Crippen LogP contribution in [0.3, 0.4) is 0 Å². The summed E-state index contributed by atoms with van der Waals surface area (Å²) < 4.78 is 1.03. The number of rotatable bonds is 3. The van der Waals surface area contributed by atoms with Crippen LogP contribution in [-0.2, 0) is 0 Å². The monoisotopic (exact) mass is 294 g/mol. The predicted octanol–water partition coefficient (Wildman–Crippen LogP) is 4.85. The summed E-state index contributed by atoms with van der Waals surface area (Å²) in [6.45, 7) is 2.23. The summed E-state index contributed by atoms with van der Waals surface area (Å²) in [6.07, 6.45) is 5.90. The quantitative estimate of drug-likeness (QED) is 0.729. The molecule has 92 valence electrons. The van der Waals surface area contributed by atoms with Crippen molar-refractivity contribution in [3.8, 4) is 0 Å². The standard InChI is InChI=1S/C15H19BrO/c1-2-11-4-3-5-13(10-11)15(17)12-6-8-14(16)9-7-12/h6-9,11,13H,2-5,10H2,1H3. The summed E-state index contributed by atoms with van der Waals surface area (Å²) >= 11 is 3.40. The normalized spacial score (nSPS) is 24.6. The van der Waals surface area contributed by atoms with E-state index in [-0.39, 0.29) is 5.92 Å². The Bertz CT molecular complexity index is 382. The maximum absolute atomic E-state index is 12.4. The highest BCUT2D eigenvalue weighted by Crippen LogP contribution is 2.33. The molecule has 1 aromatic rings. The number of ketones is 1. The fraction of sp³-hybridized carbons (Fsp3) is 0.533. The highest BCUT2D eigenvalue weighted by molar-refractivity contribution is 9.10. The predicted molar refractivity (Wildman–Crippen MR) is 74.2 cm³/mol. The van der Waals surface area contributed by atoms with Crippen LogP contribution in [0.15, 0.2) is 28.7 Å². The Hall–Kier alpha value is -0.630. The Morgan fingerprint density at radius 1 is 1.29 bits per heavy atom. The van der Waals surface area contributed by atoms with Gasteiger partial charge in [0.15, 0.2) is 5.78 Å². The van der Waals surface area contributed by atoms with E-state index in [0.717, 1.165) is 28.8 Å². The summed E-state index contributed by atoms with van der Waals surface area (Å²) in [7, 11) is 0. The van der Waals surface area contributed by atoms with Crippen LogP contribution in [0.4, 0.5) is 0 Å². The lowest BCUT2D eigenvalue weighted by atomic mass is 9.77. The molecule has 0 aromatic heterocycles. The van der Waals surface area contributed by atoms with Crippen molar-refractivity contribution in [3.63, 3.8) is 0 Å². The van der Waals surface area contributed by atoms with Crippen LogP contribution >= 0.6 is 15.9 Å². The summed E-state index contributed by atoms with van der Waals surface area (Å²) in [5.41, 5.74) is 0.870. The zero-order valence-corrected chi connectivity index (χ0v) is 11.9. The molecule has 1 saturated carbocycles. The lowest BCUT2D eigenvalue weighted by molar-refractivity contribution is 0.0862. The molecule has 0 saturated heterocycles. The molecule has 1 fully saturated rings. The third kappa shape index (κ3) is 3.19. The third-order valence-corrected chi connectivity index (χ3v) is 4.39. The van der Waals surface area contributed by atoms with Gasteiger partial charge in [0.05, 0.1) is 0 Å². The maximum atomic E-state index is 12.4. The van der Waals surface area contributed by atoms with E-state index in [1.165, 1.54) is 19.3 Å². The molecule has 1 nitrogen and oxygen atoms in total. The average Bonchev–Trinajstić information content (AvgIpc) is 2.39. The molecule has 0 aliphatic heterocycles. The van der Waals surface area contributed by atoms with Crippen LogP contribution in [0.2, 0.25) is 0 Å². The largest absolute Gasteiger partial charge is 0.294 e. The summed E-state index contributed by atoms with van der Waals surface area (Å²) in [6, 6.07) is 7.77. The first-order valence-electron chi connectivity index (χ1n) is 6.50. The first-order valence-corrected chi connectivity index (χ1v) is 7.29.